The maximum atomic E-state index is 11.5. The van der Waals surface area contributed by atoms with Crippen molar-refractivity contribution in [2.75, 3.05) is 0 Å². The van der Waals surface area contributed by atoms with E-state index in [1.54, 1.807) is 18.1 Å². The third-order valence-electron chi connectivity index (χ3n) is 9.72. The van der Waals surface area contributed by atoms with Gasteiger partial charge in [-0.25, -0.2) is 0 Å². The maximum Gasteiger partial charge on any atom is 0.302 e. The van der Waals surface area contributed by atoms with Gasteiger partial charge in [0.25, 0.3) is 0 Å². The number of esters is 1. The van der Waals surface area contributed by atoms with Crippen LogP contribution in [0, 0.1) is 42.4 Å². The van der Waals surface area contributed by atoms with Gasteiger partial charge in [-0.3, -0.25) is 4.79 Å². The van der Waals surface area contributed by atoms with Gasteiger partial charge in [-0.1, -0.05) is 49.8 Å². The molecule has 2 saturated carbocycles. The molecule has 5 rings (SSSR count). The predicted molar refractivity (Wildman–Crippen MR) is 127 cm³/mol. The number of hydrogen-bond acceptors (Lipinski definition) is 2. The van der Waals surface area contributed by atoms with Gasteiger partial charge in [0.2, 0.25) is 0 Å². The van der Waals surface area contributed by atoms with Crippen LogP contribution >= 0.6 is 0 Å². The molecule has 0 bridgehead atoms. The Morgan fingerprint density at radius 2 is 1.68 bits per heavy atom. The average molecular weight is 419 g/mol. The minimum atomic E-state index is -0.132. The van der Waals surface area contributed by atoms with Crippen molar-refractivity contribution in [3.05, 3.63) is 52.6 Å². The topological polar surface area (TPSA) is 26.3 Å². The molecule has 0 amide bonds. The average Bonchev–Trinajstić information content (AvgIpc) is 3.05. The Balaban J connectivity index is 1.43. The van der Waals surface area contributed by atoms with Crippen LogP contribution in [0.1, 0.15) is 82.4 Å². The Hall–Kier alpha value is -1.83. The molecule has 2 nitrogen and oxygen atoms in total. The minimum Gasteiger partial charge on any atom is -0.462 e. The number of carbonyl (C=O) groups excluding carboxylic acids is 1. The van der Waals surface area contributed by atoms with Crippen molar-refractivity contribution in [3.63, 3.8) is 0 Å². The number of rotatable bonds is 2. The molecule has 4 aliphatic carbocycles. The van der Waals surface area contributed by atoms with Gasteiger partial charge in [-0.05, 0) is 103 Å². The summed E-state index contributed by atoms with van der Waals surface area (Å²) in [7, 11) is 0. The Kier molecular flexibility index (Phi) is 4.99. The molecular weight excluding hydrogens is 380 g/mol. The van der Waals surface area contributed by atoms with Crippen molar-refractivity contribution in [3.8, 4) is 0 Å². The van der Waals surface area contributed by atoms with Crippen LogP contribution in [0.25, 0.3) is 5.57 Å². The van der Waals surface area contributed by atoms with Crippen molar-refractivity contribution < 1.29 is 9.53 Å². The molecule has 2 heteroatoms. The lowest BCUT2D eigenvalue weighted by molar-refractivity contribution is -0.148. The molecular formula is C29H38O2. The van der Waals surface area contributed by atoms with Gasteiger partial charge in [0, 0.05) is 13.3 Å². The third kappa shape index (κ3) is 3.16. The van der Waals surface area contributed by atoms with Crippen LogP contribution < -0.4 is 0 Å². The van der Waals surface area contributed by atoms with Gasteiger partial charge in [0.1, 0.15) is 6.10 Å². The molecule has 31 heavy (non-hydrogen) atoms. The second-order valence-electron chi connectivity index (χ2n) is 11.3. The van der Waals surface area contributed by atoms with Crippen molar-refractivity contribution in [2.24, 2.45) is 28.6 Å². The van der Waals surface area contributed by atoms with E-state index in [0.717, 1.165) is 30.6 Å². The van der Waals surface area contributed by atoms with Crippen molar-refractivity contribution in [1.82, 2.24) is 0 Å². The van der Waals surface area contributed by atoms with E-state index >= 15 is 0 Å². The highest BCUT2D eigenvalue weighted by Crippen LogP contribution is 2.66. The zero-order valence-corrected chi connectivity index (χ0v) is 20.0. The van der Waals surface area contributed by atoms with Crippen LogP contribution in [0.3, 0.4) is 0 Å². The number of benzene rings is 1. The Labute approximate surface area is 188 Å². The molecule has 0 aliphatic heterocycles. The fourth-order valence-electron chi connectivity index (χ4n) is 8.16. The lowest BCUT2D eigenvalue weighted by Gasteiger charge is -2.58. The Bertz CT molecular complexity index is 949. The first kappa shape index (κ1) is 21.0. The minimum absolute atomic E-state index is 0.0889. The fourth-order valence-corrected chi connectivity index (χ4v) is 8.16. The van der Waals surface area contributed by atoms with Crippen LogP contribution in [0.15, 0.2) is 35.9 Å². The smallest absolute Gasteiger partial charge is 0.302 e. The van der Waals surface area contributed by atoms with Gasteiger partial charge in [0.05, 0.1) is 0 Å². The predicted octanol–water partition coefficient (Wildman–Crippen LogP) is 7.19. The summed E-state index contributed by atoms with van der Waals surface area (Å²) in [5.74, 6) is 2.17. The van der Waals surface area contributed by atoms with Crippen LogP contribution in [-0.4, -0.2) is 12.1 Å². The summed E-state index contributed by atoms with van der Waals surface area (Å²) in [6.45, 7) is 11.2. The van der Waals surface area contributed by atoms with Gasteiger partial charge in [-0.2, -0.15) is 0 Å². The summed E-state index contributed by atoms with van der Waals surface area (Å²) >= 11 is 0. The molecule has 2 fully saturated rings. The molecule has 4 aliphatic rings. The zero-order chi connectivity index (χ0) is 22.0. The number of carbonyl (C=O) groups is 1. The second kappa shape index (κ2) is 7.36. The van der Waals surface area contributed by atoms with Gasteiger partial charge < -0.3 is 4.74 Å². The molecule has 0 saturated heterocycles. The first-order valence-electron chi connectivity index (χ1n) is 12.4. The van der Waals surface area contributed by atoms with Crippen LogP contribution in [-0.2, 0) is 9.53 Å². The van der Waals surface area contributed by atoms with Crippen molar-refractivity contribution in [1.29, 1.82) is 0 Å². The highest BCUT2D eigenvalue weighted by Gasteiger charge is 2.57. The van der Waals surface area contributed by atoms with E-state index in [-0.39, 0.29) is 12.1 Å². The summed E-state index contributed by atoms with van der Waals surface area (Å²) < 4.78 is 5.60. The lowest BCUT2D eigenvalue weighted by atomic mass is 9.47. The first-order valence-corrected chi connectivity index (χ1v) is 12.4. The SMILES string of the molecule is CC(=O)O[C@H]1CC[C@@]2(C)C(=CC[C@@H]3[C@@H]2CC[C@]2(C)C(c4c(C)cccc4C)=CC[C@@H]32)C1. The molecule has 6 atom stereocenters. The van der Waals surface area contributed by atoms with Gasteiger partial charge >= 0.3 is 5.97 Å². The number of hydrogen-bond donors (Lipinski definition) is 0. The highest BCUT2D eigenvalue weighted by atomic mass is 16.5. The third-order valence-corrected chi connectivity index (χ3v) is 9.72. The first-order chi connectivity index (χ1) is 14.7. The molecule has 0 radical (unpaired) electrons. The molecule has 0 spiro atoms. The molecule has 166 valence electrons. The van der Waals surface area contributed by atoms with E-state index < -0.39 is 0 Å². The van der Waals surface area contributed by atoms with E-state index in [4.69, 9.17) is 4.74 Å². The molecule has 1 aromatic rings. The highest BCUT2D eigenvalue weighted by molar-refractivity contribution is 5.77. The number of fused-ring (bicyclic) bond motifs is 5. The van der Waals surface area contributed by atoms with Crippen molar-refractivity contribution in [2.45, 2.75) is 85.7 Å². The van der Waals surface area contributed by atoms with Crippen LogP contribution in [0.4, 0.5) is 0 Å². The van der Waals surface area contributed by atoms with Gasteiger partial charge in [-0.15, -0.1) is 0 Å². The number of allylic oxidation sites excluding steroid dienone is 3. The molecule has 0 aromatic heterocycles. The number of ether oxygens (including phenoxy) is 1. The monoisotopic (exact) mass is 418 g/mol. The summed E-state index contributed by atoms with van der Waals surface area (Å²) in [6, 6.07) is 6.76. The van der Waals surface area contributed by atoms with Gasteiger partial charge in [0.15, 0.2) is 0 Å². The second-order valence-corrected chi connectivity index (χ2v) is 11.3. The molecule has 0 unspecified atom stereocenters. The quantitative estimate of drug-likeness (QED) is 0.375. The molecule has 0 N–H and O–H groups in total. The van der Waals surface area contributed by atoms with Crippen molar-refractivity contribution >= 4 is 11.5 Å². The van der Waals surface area contributed by atoms with E-state index in [2.05, 4.69) is 58.0 Å². The molecule has 0 heterocycles. The lowest BCUT2D eigenvalue weighted by Crippen LogP contribution is -2.50. The van der Waals surface area contributed by atoms with E-state index in [1.807, 2.05) is 0 Å². The Morgan fingerprint density at radius 3 is 2.39 bits per heavy atom. The standard InChI is InChI=1S/C29H38O2/c1-18-7-6-8-19(2)27(18)26-12-11-24-23-10-9-21-17-22(31-20(3)30)13-15-28(21,4)25(23)14-16-29(24,26)5/h6-9,12,22-25H,10-11,13-17H2,1-5H3/t22-,23-,24-,25-,28-,29-/m0/s1. The fraction of sp³-hybridized carbons (Fsp3) is 0.621. The van der Waals surface area contributed by atoms with Crippen LogP contribution in [0.5, 0.6) is 0 Å². The Morgan fingerprint density at radius 1 is 0.968 bits per heavy atom. The summed E-state index contributed by atoms with van der Waals surface area (Å²) in [5, 5.41) is 0. The maximum absolute atomic E-state index is 11.5. The largest absolute Gasteiger partial charge is 0.462 e. The molecule has 1 aromatic carbocycles. The van der Waals surface area contributed by atoms with E-state index in [1.165, 1.54) is 48.8 Å². The number of aryl methyl sites for hydroxylation is 2. The summed E-state index contributed by atoms with van der Waals surface area (Å²) in [4.78, 5) is 11.5. The summed E-state index contributed by atoms with van der Waals surface area (Å²) in [6.07, 6.45) is 13.4. The van der Waals surface area contributed by atoms with E-state index in [0.29, 0.717) is 10.8 Å². The zero-order valence-electron chi connectivity index (χ0n) is 20.0. The van der Waals surface area contributed by atoms with Crippen LogP contribution in [0.2, 0.25) is 0 Å². The van der Waals surface area contributed by atoms with E-state index in [9.17, 15) is 4.79 Å². The normalized spacial score (nSPS) is 39.0. The summed E-state index contributed by atoms with van der Waals surface area (Å²) in [5.41, 5.74) is 8.18.